The van der Waals surface area contributed by atoms with Crippen LogP contribution in [-0.2, 0) is 19.5 Å². The van der Waals surface area contributed by atoms with Gasteiger partial charge in [-0.3, -0.25) is 0 Å². The lowest BCUT2D eigenvalue weighted by molar-refractivity contribution is 0.200. The molecule has 0 spiro atoms. The molecule has 0 saturated carbocycles. The lowest BCUT2D eigenvalue weighted by atomic mass is 10.1. The van der Waals surface area contributed by atoms with Crippen LogP contribution in [0.4, 0.5) is 0 Å². The van der Waals surface area contributed by atoms with Crippen LogP contribution in [0.2, 0.25) is 0 Å². The van der Waals surface area contributed by atoms with Crippen molar-refractivity contribution >= 4 is 0 Å². The first-order valence-electron chi connectivity index (χ1n) is 7.63. The highest BCUT2D eigenvalue weighted by molar-refractivity contribution is 5.40. The summed E-state index contributed by atoms with van der Waals surface area (Å²) in [7, 11) is 0. The van der Waals surface area contributed by atoms with Crippen LogP contribution in [-0.4, -0.2) is 24.9 Å². The lowest BCUT2D eigenvalue weighted by Crippen LogP contribution is -2.14. The minimum Gasteiger partial charge on any atom is -0.493 e. The molecule has 0 unspecified atom stereocenters. The predicted octanol–water partition coefficient (Wildman–Crippen LogP) is 2.28. The molecule has 0 aliphatic carbocycles. The van der Waals surface area contributed by atoms with Crippen molar-refractivity contribution in [2.45, 2.75) is 19.5 Å². The molecule has 1 aliphatic heterocycles. The molecule has 0 fully saturated rings. The SMILES string of the molecule is OCCOc1ccccc1CNCc1ccc2c(c1)CCO2. The smallest absolute Gasteiger partial charge is 0.123 e. The molecule has 0 saturated heterocycles. The molecule has 1 aliphatic rings. The number of rotatable bonds is 7. The van der Waals surface area contributed by atoms with E-state index in [1.807, 2.05) is 24.3 Å². The number of hydrogen-bond acceptors (Lipinski definition) is 4. The number of ether oxygens (including phenoxy) is 2. The van der Waals surface area contributed by atoms with Crippen molar-refractivity contribution in [3.05, 3.63) is 59.2 Å². The van der Waals surface area contributed by atoms with Crippen LogP contribution < -0.4 is 14.8 Å². The first-order valence-corrected chi connectivity index (χ1v) is 7.63. The number of hydrogen-bond donors (Lipinski definition) is 2. The van der Waals surface area contributed by atoms with E-state index in [4.69, 9.17) is 14.6 Å². The second kappa shape index (κ2) is 7.29. The molecule has 0 bridgehead atoms. The monoisotopic (exact) mass is 299 g/mol. The van der Waals surface area contributed by atoms with Crippen LogP contribution >= 0.6 is 0 Å². The zero-order valence-electron chi connectivity index (χ0n) is 12.5. The van der Waals surface area contributed by atoms with Crippen LogP contribution in [0, 0.1) is 0 Å². The summed E-state index contributed by atoms with van der Waals surface area (Å²) in [6.45, 7) is 2.68. The third kappa shape index (κ3) is 3.59. The standard InChI is InChI=1S/C18H21NO3/c20-8-10-22-17-4-2-1-3-16(17)13-19-12-14-5-6-18-15(11-14)7-9-21-18/h1-6,11,19-20H,7-10,12-13H2. The van der Waals surface area contributed by atoms with E-state index in [-0.39, 0.29) is 6.61 Å². The van der Waals surface area contributed by atoms with E-state index < -0.39 is 0 Å². The maximum absolute atomic E-state index is 8.87. The second-order valence-corrected chi connectivity index (χ2v) is 5.32. The number of aliphatic hydroxyl groups excluding tert-OH is 1. The summed E-state index contributed by atoms with van der Waals surface area (Å²) in [5, 5.41) is 12.3. The van der Waals surface area contributed by atoms with Gasteiger partial charge in [0.2, 0.25) is 0 Å². The third-order valence-electron chi connectivity index (χ3n) is 3.72. The number of aliphatic hydroxyl groups is 1. The molecule has 0 aromatic heterocycles. The molecule has 22 heavy (non-hydrogen) atoms. The Bertz CT molecular complexity index is 627. The van der Waals surface area contributed by atoms with E-state index in [0.717, 1.165) is 43.2 Å². The molecular weight excluding hydrogens is 278 g/mol. The fraction of sp³-hybridized carbons (Fsp3) is 0.333. The van der Waals surface area contributed by atoms with Crippen LogP contribution in [0.1, 0.15) is 16.7 Å². The van der Waals surface area contributed by atoms with E-state index >= 15 is 0 Å². The summed E-state index contributed by atoms with van der Waals surface area (Å²) in [4.78, 5) is 0. The van der Waals surface area contributed by atoms with Gasteiger partial charge in [0, 0.05) is 25.1 Å². The highest BCUT2D eigenvalue weighted by Gasteiger charge is 2.11. The summed E-state index contributed by atoms with van der Waals surface area (Å²) < 4.78 is 11.1. The fourth-order valence-electron chi connectivity index (χ4n) is 2.64. The Labute approximate surface area is 130 Å². The Balaban J connectivity index is 1.57. The molecule has 4 heteroatoms. The van der Waals surface area contributed by atoms with Gasteiger partial charge in [0.05, 0.1) is 13.2 Å². The fourth-order valence-corrected chi connectivity index (χ4v) is 2.64. The maximum Gasteiger partial charge on any atom is 0.123 e. The van der Waals surface area contributed by atoms with Gasteiger partial charge in [-0.15, -0.1) is 0 Å². The summed E-state index contributed by atoms with van der Waals surface area (Å²) in [5.74, 6) is 1.85. The van der Waals surface area contributed by atoms with E-state index in [1.165, 1.54) is 11.1 Å². The topological polar surface area (TPSA) is 50.7 Å². The zero-order valence-corrected chi connectivity index (χ0v) is 12.5. The Hall–Kier alpha value is -2.04. The van der Waals surface area contributed by atoms with Gasteiger partial charge >= 0.3 is 0 Å². The predicted molar refractivity (Wildman–Crippen MR) is 85.2 cm³/mol. The van der Waals surface area contributed by atoms with E-state index in [1.54, 1.807) is 0 Å². The first-order chi connectivity index (χ1) is 10.9. The number of fused-ring (bicyclic) bond motifs is 1. The lowest BCUT2D eigenvalue weighted by Gasteiger charge is -2.11. The maximum atomic E-state index is 8.87. The zero-order chi connectivity index (χ0) is 15.2. The Morgan fingerprint density at radius 3 is 2.95 bits per heavy atom. The summed E-state index contributed by atoms with van der Waals surface area (Å²) >= 11 is 0. The molecule has 116 valence electrons. The Morgan fingerprint density at radius 1 is 1.14 bits per heavy atom. The second-order valence-electron chi connectivity index (χ2n) is 5.32. The molecule has 2 N–H and O–H groups in total. The van der Waals surface area contributed by atoms with Crippen LogP contribution in [0.15, 0.2) is 42.5 Å². The molecule has 1 heterocycles. The molecular formula is C18H21NO3. The highest BCUT2D eigenvalue weighted by Crippen LogP contribution is 2.26. The van der Waals surface area contributed by atoms with Gasteiger partial charge in [-0.25, -0.2) is 0 Å². The average Bonchev–Trinajstić information content (AvgIpc) is 3.01. The van der Waals surface area contributed by atoms with Gasteiger partial charge in [0.25, 0.3) is 0 Å². The van der Waals surface area contributed by atoms with Crippen LogP contribution in [0.3, 0.4) is 0 Å². The highest BCUT2D eigenvalue weighted by atomic mass is 16.5. The van der Waals surface area contributed by atoms with Gasteiger partial charge < -0.3 is 19.9 Å². The third-order valence-corrected chi connectivity index (χ3v) is 3.72. The number of nitrogens with one attached hydrogen (secondary N) is 1. The minimum atomic E-state index is 0.0267. The van der Waals surface area contributed by atoms with E-state index in [0.29, 0.717) is 6.61 Å². The van der Waals surface area contributed by atoms with Crippen molar-refractivity contribution in [2.75, 3.05) is 19.8 Å². The Morgan fingerprint density at radius 2 is 2.05 bits per heavy atom. The molecule has 2 aromatic rings. The van der Waals surface area contributed by atoms with Crippen molar-refractivity contribution in [1.82, 2.24) is 5.32 Å². The first kappa shape index (κ1) is 14.9. The molecule has 0 atom stereocenters. The summed E-state index contributed by atoms with van der Waals surface area (Å²) in [6, 6.07) is 14.3. The van der Waals surface area contributed by atoms with Crippen molar-refractivity contribution in [2.24, 2.45) is 0 Å². The van der Waals surface area contributed by atoms with Crippen LogP contribution in [0.5, 0.6) is 11.5 Å². The molecule has 0 radical (unpaired) electrons. The number of para-hydroxylation sites is 1. The molecule has 4 nitrogen and oxygen atoms in total. The average molecular weight is 299 g/mol. The minimum absolute atomic E-state index is 0.0267. The normalized spacial score (nSPS) is 12.8. The van der Waals surface area contributed by atoms with E-state index in [2.05, 4.69) is 23.5 Å². The Kier molecular flexibility index (Phi) is 4.93. The van der Waals surface area contributed by atoms with Crippen LogP contribution in [0.25, 0.3) is 0 Å². The summed E-state index contributed by atoms with van der Waals surface area (Å²) in [6.07, 6.45) is 1.00. The van der Waals surface area contributed by atoms with Crippen molar-refractivity contribution in [3.63, 3.8) is 0 Å². The van der Waals surface area contributed by atoms with Gasteiger partial charge in [0.1, 0.15) is 18.1 Å². The molecule has 3 rings (SSSR count). The quantitative estimate of drug-likeness (QED) is 0.823. The number of benzene rings is 2. The largest absolute Gasteiger partial charge is 0.493 e. The van der Waals surface area contributed by atoms with Gasteiger partial charge in [-0.1, -0.05) is 30.3 Å². The van der Waals surface area contributed by atoms with Gasteiger partial charge in [0.15, 0.2) is 0 Å². The van der Waals surface area contributed by atoms with Gasteiger partial charge in [-0.2, -0.15) is 0 Å². The molecule has 0 amide bonds. The van der Waals surface area contributed by atoms with Gasteiger partial charge in [-0.05, 0) is 23.3 Å². The van der Waals surface area contributed by atoms with Crippen molar-refractivity contribution in [3.8, 4) is 11.5 Å². The van der Waals surface area contributed by atoms with Crippen molar-refractivity contribution in [1.29, 1.82) is 0 Å². The van der Waals surface area contributed by atoms with Crippen molar-refractivity contribution < 1.29 is 14.6 Å². The molecule has 2 aromatic carbocycles. The summed E-state index contributed by atoms with van der Waals surface area (Å²) in [5.41, 5.74) is 3.66. The van der Waals surface area contributed by atoms with E-state index in [9.17, 15) is 0 Å².